The van der Waals surface area contributed by atoms with Gasteiger partial charge < -0.3 is 10.2 Å². The van der Waals surface area contributed by atoms with Gasteiger partial charge in [0.25, 0.3) is 0 Å². The van der Waals surface area contributed by atoms with E-state index in [1.807, 2.05) is 6.92 Å². The van der Waals surface area contributed by atoms with E-state index in [0.717, 1.165) is 12.8 Å². The van der Waals surface area contributed by atoms with Gasteiger partial charge >= 0.3 is 0 Å². The second kappa shape index (κ2) is 4.44. The number of carbonyl (C=O) groups excluding carboxylic acids is 2. The Kier molecular flexibility index (Phi) is 3.13. The summed E-state index contributed by atoms with van der Waals surface area (Å²) in [5.74, 6) is 0.0615. The highest BCUT2D eigenvalue weighted by Gasteiger charge is 2.55. The largest absolute Gasteiger partial charge is 0.342 e. The Labute approximate surface area is 125 Å². The fraction of sp³-hybridized carbons (Fsp3) is 0.857. The van der Waals surface area contributed by atoms with Gasteiger partial charge in [-0.25, -0.2) is 8.42 Å². The van der Waals surface area contributed by atoms with E-state index < -0.39 is 20.9 Å². The number of nitrogens with one attached hydrogen (secondary N) is 1. The van der Waals surface area contributed by atoms with Gasteiger partial charge in [-0.05, 0) is 39.0 Å². The van der Waals surface area contributed by atoms with Crippen LogP contribution in [0.1, 0.15) is 39.5 Å². The SMILES string of the molecule is CC1(C2CC2)NC(=O)CCN(C2(C)CCS(=O)(=O)C2)C1=O. The van der Waals surface area contributed by atoms with Crippen molar-refractivity contribution in [1.29, 1.82) is 0 Å². The Hall–Kier alpha value is -1.11. The van der Waals surface area contributed by atoms with E-state index in [2.05, 4.69) is 5.32 Å². The van der Waals surface area contributed by atoms with E-state index in [1.54, 1.807) is 11.8 Å². The molecule has 0 radical (unpaired) electrons. The summed E-state index contributed by atoms with van der Waals surface area (Å²) in [6, 6.07) is 0. The second-order valence-electron chi connectivity index (χ2n) is 7.07. The Morgan fingerprint density at radius 1 is 1.24 bits per heavy atom. The number of hydrogen-bond donors (Lipinski definition) is 1. The summed E-state index contributed by atoms with van der Waals surface area (Å²) in [4.78, 5) is 26.6. The van der Waals surface area contributed by atoms with Crippen LogP contribution in [-0.2, 0) is 19.4 Å². The van der Waals surface area contributed by atoms with Crippen LogP contribution in [0.25, 0.3) is 0 Å². The smallest absolute Gasteiger partial charge is 0.248 e. The number of hydrogen-bond acceptors (Lipinski definition) is 4. The Morgan fingerprint density at radius 3 is 2.43 bits per heavy atom. The van der Waals surface area contributed by atoms with Gasteiger partial charge in [-0.2, -0.15) is 0 Å². The van der Waals surface area contributed by atoms with Crippen LogP contribution >= 0.6 is 0 Å². The first kappa shape index (κ1) is 14.8. The fourth-order valence-electron chi connectivity index (χ4n) is 3.66. The van der Waals surface area contributed by atoms with E-state index in [0.29, 0.717) is 13.0 Å². The van der Waals surface area contributed by atoms with Gasteiger partial charge in [0.1, 0.15) is 5.54 Å². The first-order valence-corrected chi connectivity index (χ1v) is 9.32. The van der Waals surface area contributed by atoms with Gasteiger partial charge in [-0.1, -0.05) is 0 Å². The van der Waals surface area contributed by atoms with Crippen LogP contribution < -0.4 is 5.32 Å². The van der Waals surface area contributed by atoms with Crippen molar-refractivity contribution in [1.82, 2.24) is 10.2 Å². The monoisotopic (exact) mass is 314 g/mol. The summed E-state index contributed by atoms with van der Waals surface area (Å²) < 4.78 is 23.7. The molecule has 118 valence electrons. The van der Waals surface area contributed by atoms with Gasteiger partial charge in [0.2, 0.25) is 11.8 Å². The highest BCUT2D eigenvalue weighted by molar-refractivity contribution is 7.91. The molecule has 2 heterocycles. The van der Waals surface area contributed by atoms with Crippen LogP contribution in [0.4, 0.5) is 0 Å². The summed E-state index contributed by atoms with van der Waals surface area (Å²) >= 11 is 0. The molecule has 2 saturated heterocycles. The molecule has 2 unspecified atom stereocenters. The minimum absolute atomic E-state index is 0.000672. The number of carbonyl (C=O) groups is 2. The van der Waals surface area contributed by atoms with E-state index in [9.17, 15) is 18.0 Å². The predicted octanol–water partition coefficient (Wildman–Crippen LogP) is 0.0808. The lowest BCUT2D eigenvalue weighted by molar-refractivity contribution is -0.143. The van der Waals surface area contributed by atoms with Crippen LogP contribution in [0.2, 0.25) is 0 Å². The maximum absolute atomic E-state index is 13.0. The molecule has 2 amide bonds. The molecule has 2 aliphatic heterocycles. The van der Waals surface area contributed by atoms with Crippen LogP contribution in [0.5, 0.6) is 0 Å². The molecule has 3 aliphatic rings. The van der Waals surface area contributed by atoms with Crippen molar-refractivity contribution in [2.75, 3.05) is 18.1 Å². The summed E-state index contributed by atoms with van der Waals surface area (Å²) in [6.45, 7) is 3.92. The van der Waals surface area contributed by atoms with Crippen LogP contribution in [-0.4, -0.2) is 54.3 Å². The highest BCUT2D eigenvalue weighted by Crippen LogP contribution is 2.43. The highest BCUT2D eigenvalue weighted by atomic mass is 32.2. The normalized spacial score (nSPS) is 40.0. The Balaban J connectivity index is 1.94. The first-order chi connectivity index (χ1) is 9.66. The lowest BCUT2D eigenvalue weighted by Crippen LogP contribution is -2.61. The van der Waals surface area contributed by atoms with E-state index in [4.69, 9.17) is 0 Å². The third kappa shape index (κ3) is 2.45. The zero-order valence-corrected chi connectivity index (χ0v) is 13.3. The maximum atomic E-state index is 13.0. The minimum atomic E-state index is -3.09. The Morgan fingerprint density at radius 2 is 1.90 bits per heavy atom. The predicted molar refractivity (Wildman–Crippen MR) is 77.3 cm³/mol. The molecular weight excluding hydrogens is 292 g/mol. The van der Waals surface area contributed by atoms with Crippen molar-refractivity contribution >= 4 is 21.7 Å². The summed E-state index contributed by atoms with van der Waals surface area (Å²) in [5.41, 5.74) is -1.55. The molecule has 0 aromatic rings. The average Bonchev–Trinajstić information content (AvgIpc) is 3.16. The summed E-state index contributed by atoms with van der Waals surface area (Å²) in [5, 5.41) is 2.88. The minimum Gasteiger partial charge on any atom is -0.342 e. The third-order valence-corrected chi connectivity index (χ3v) is 7.07. The van der Waals surface area contributed by atoms with Crippen molar-refractivity contribution in [3.05, 3.63) is 0 Å². The number of rotatable bonds is 2. The second-order valence-corrected chi connectivity index (χ2v) is 9.25. The number of amides is 2. The number of sulfone groups is 1. The zero-order valence-electron chi connectivity index (χ0n) is 12.5. The van der Waals surface area contributed by atoms with E-state index in [-0.39, 0.29) is 35.7 Å². The van der Waals surface area contributed by atoms with Crippen molar-refractivity contribution in [3.8, 4) is 0 Å². The van der Waals surface area contributed by atoms with Gasteiger partial charge in [0, 0.05) is 13.0 Å². The van der Waals surface area contributed by atoms with Crippen LogP contribution in [0.15, 0.2) is 0 Å². The molecule has 2 atom stereocenters. The maximum Gasteiger partial charge on any atom is 0.248 e. The van der Waals surface area contributed by atoms with Crippen molar-refractivity contribution in [3.63, 3.8) is 0 Å². The molecule has 1 saturated carbocycles. The molecule has 0 aromatic heterocycles. The van der Waals surface area contributed by atoms with Gasteiger partial charge in [0.15, 0.2) is 9.84 Å². The van der Waals surface area contributed by atoms with Gasteiger partial charge in [-0.15, -0.1) is 0 Å². The van der Waals surface area contributed by atoms with Crippen molar-refractivity contribution in [2.45, 2.75) is 50.6 Å². The Bertz CT molecular complexity index is 598. The van der Waals surface area contributed by atoms with Crippen LogP contribution in [0, 0.1) is 5.92 Å². The molecule has 3 fully saturated rings. The molecule has 0 spiro atoms. The molecule has 0 bridgehead atoms. The average molecular weight is 314 g/mol. The molecule has 7 heteroatoms. The quantitative estimate of drug-likeness (QED) is 0.782. The lowest BCUT2D eigenvalue weighted by Gasteiger charge is -2.41. The molecule has 1 aliphatic carbocycles. The fourth-order valence-corrected chi connectivity index (χ4v) is 5.80. The topological polar surface area (TPSA) is 83.6 Å². The molecule has 21 heavy (non-hydrogen) atoms. The third-order valence-electron chi connectivity index (χ3n) is 5.18. The molecule has 1 N–H and O–H groups in total. The van der Waals surface area contributed by atoms with Crippen molar-refractivity contribution < 1.29 is 18.0 Å². The molecule has 6 nitrogen and oxygen atoms in total. The van der Waals surface area contributed by atoms with Gasteiger partial charge in [-0.3, -0.25) is 9.59 Å². The lowest BCUT2D eigenvalue weighted by atomic mass is 9.90. The standard InChI is InChI=1S/C14H22N2O4S/c1-13(6-8-21(19,20)9-13)16-7-5-11(17)15-14(2,12(16)18)10-3-4-10/h10H,3-9H2,1-2H3,(H,15,17). The first-order valence-electron chi connectivity index (χ1n) is 7.50. The molecule has 0 aromatic carbocycles. The summed E-state index contributed by atoms with van der Waals surface area (Å²) in [6.07, 6.45) is 2.57. The molecular formula is C14H22N2O4S. The van der Waals surface area contributed by atoms with E-state index in [1.165, 1.54) is 0 Å². The molecule has 3 rings (SSSR count). The van der Waals surface area contributed by atoms with E-state index >= 15 is 0 Å². The summed E-state index contributed by atoms with van der Waals surface area (Å²) in [7, 11) is -3.09. The van der Waals surface area contributed by atoms with Gasteiger partial charge in [0.05, 0.1) is 17.0 Å². The number of nitrogens with zero attached hydrogens (tertiary/aromatic N) is 1. The van der Waals surface area contributed by atoms with Crippen molar-refractivity contribution in [2.24, 2.45) is 5.92 Å². The van der Waals surface area contributed by atoms with Crippen LogP contribution in [0.3, 0.4) is 0 Å². The zero-order chi connectivity index (χ0) is 15.5.